The molecule has 0 N–H and O–H groups in total. The second-order valence-corrected chi connectivity index (χ2v) is 26.1. The first-order chi connectivity index (χ1) is 46.2. The predicted octanol–water partition coefficient (Wildman–Crippen LogP) is 17.5. The number of ether oxygens (including phenoxy) is 1. The zero-order valence-electron chi connectivity index (χ0n) is 50.4. The van der Waals surface area contributed by atoms with Crippen molar-refractivity contribution in [3.63, 3.8) is 0 Å². The Bertz CT molecular complexity index is 5580. The summed E-state index contributed by atoms with van der Waals surface area (Å²) in [6.07, 6.45) is 0. The van der Waals surface area contributed by atoms with Crippen LogP contribution in [0, 0.1) is 0 Å². The van der Waals surface area contributed by atoms with E-state index in [1.807, 2.05) is 0 Å². The molecule has 0 aromatic heterocycles. The molecule has 14 aromatic rings. The molecule has 7 heteroatoms. The van der Waals surface area contributed by atoms with Crippen LogP contribution in [0.1, 0.15) is 44.9 Å². The van der Waals surface area contributed by atoms with Gasteiger partial charge in [-0.3, -0.25) is 0 Å². The Labute approximate surface area is 540 Å². The van der Waals surface area contributed by atoms with Crippen LogP contribution >= 0.6 is 0 Å². The highest BCUT2D eigenvalue weighted by Crippen LogP contribution is 2.65. The van der Waals surface area contributed by atoms with E-state index in [2.05, 4.69) is 329 Å². The van der Waals surface area contributed by atoms with Gasteiger partial charge in [0.1, 0.15) is 11.5 Å². The van der Waals surface area contributed by atoms with Gasteiger partial charge < -0.3 is 24.3 Å². The molecule has 428 valence electrons. The van der Waals surface area contributed by atoms with Gasteiger partial charge in [0.2, 0.25) is 0 Å². The molecule has 0 saturated heterocycles. The van der Waals surface area contributed by atoms with Crippen molar-refractivity contribution in [3.05, 3.63) is 348 Å². The standard InChI is InChI=1S/C86H52B2N4O/c1-4-24-54(25-5-1)89-73-42-22-18-38-68(73)88-70-49-62-75(51-79(70)93-80-48-53(47-77(89)83(80)88)52-44-45-66-61(46-52)59-32-12-16-36-65(59)86(66)63-34-14-10-30-57(63)58-31-11-15-35-64(58)86)91(56-28-8-3-9-29-56)76-50-78-84-85-82(76)81(62)60-33-13-20-40-71(60)92(85)74-43-23-19-39-69(74)87(84)67-37-17-21-41-72(67)90(78)55-26-6-2-7-27-55/h1-51,81H. The molecule has 0 bridgehead atoms. The third-order valence-electron chi connectivity index (χ3n) is 21.8. The van der Waals surface area contributed by atoms with Crippen molar-refractivity contribution < 1.29 is 4.74 Å². The van der Waals surface area contributed by atoms with E-state index in [-0.39, 0.29) is 19.3 Å². The van der Waals surface area contributed by atoms with Gasteiger partial charge in [-0.1, -0.05) is 218 Å². The smallest absolute Gasteiger partial charge is 0.256 e. The molecule has 6 heterocycles. The lowest BCUT2D eigenvalue weighted by molar-refractivity contribution is 0.487. The maximum absolute atomic E-state index is 7.82. The Morgan fingerprint density at radius 3 is 1.33 bits per heavy atom. The molecule has 1 spiro atoms. The van der Waals surface area contributed by atoms with E-state index in [1.165, 1.54) is 122 Å². The molecule has 0 fully saturated rings. The minimum absolute atomic E-state index is 0.00371. The Morgan fingerprint density at radius 2 is 0.742 bits per heavy atom. The highest BCUT2D eigenvalue weighted by atomic mass is 16.5. The lowest BCUT2D eigenvalue weighted by Crippen LogP contribution is -2.62. The summed E-state index contributed by atoms with van der Waals surface area (Å²) in [5.74, 6) is 1.61. The van der Waals surface area contributed by atoms with E-state index >= 15 is 0 Å². The molecular formula is C86H52B2N4O. The minimum Gasteiger partial charge on any atom is -0.458 e. The SMILES string of the molecule is c1ccc(N2c3ccccc3B3c4cc5c(cc4Oc4cc(-c6ccc7c(c6)-c6ccccc6C76c7ccccc7-c7ccccc76)cc2c43)N(c2ccccc2)c2cc3c4c6c2C5c2ccccc2N6c2ccccc2B4c2ccccc2N3c2ccccc2)cc1. The van der Waals surface area contributed by atoms with Crippen molar-refractivity contribution in [1.82, 2.24) is 0 Å². The van der Waals surface area contributed by atoms with Crippen molar-refractivity contribution in [1.29, 1.82) is 0 Å². The van der Waals surface area contributed by atoms with Crippen LogP contribution in [-0.2, 0) is 5.41 Å². The van der Waals surface area contributed by atoms with Crippen LogP contribution in [0.2, 0.25) is 0 Å². The van der Waals surface area contributed by atoms with Gasteiger partial charge in [-0.2, -0.15) is 0 Å². The van der Waals surface area contributed by atoms with Crippen LogP contribution in [0.3, 0.4) is 0 Å². The Hall–Kier alpha value is -11.8. The number of benzene rings is 14. The Morgan fingerprint density at radius 1 is 0.280 bits per heavy atom. The summed E-state index contributed by atoms with van der Waals surface area (Å²) >= 11 is 0. The van der Waals surface area contributed by atoms with Crippen LogP contribution in [-0.4, -0.2) is 13.4 Å². The first-order valence-corrected chi connectivity index (χ1v) is 32.6. The number of hydrogen-bond donors (Lipinski definition) is 0. The fourth-order valence-electron chi connectivity index (χ4n) is 18.4. The number of hydrogen-bond acceptors (Lipinski definition) is 5. The van der Waals surface area contributed by atoms with Crippen molar-refractivity contribution in [2.45, 2.75) is 11.3 Å². The predicted molar refractivity (Wildman–Crippen MR) is 384 cm³/mol. The third-order valence-corrected chi connectivity index (χ3v) is 21.8. The maximum atomic E-state index is 7.82. The number of rotatable bonds is 4. The van der Waals surface area contributed by atoms with Gasteiger partial charge in [0.25, 0.3) is 13.4 Å². The molecule has 2 aliphatic carbocycles. The van der Waals surface area contributed by atoms with Crippen LogP contribution < -0.4 is 57.1 Å². The summed E-state index contributed by atoms with van der Waals surface area (Å²) in [4.78, 5) is 10.2. The number of para-hydroxylation sites is 7. The zero-order chi connectivity index (χ0) is 60.4. The zero-order valence-corrected chi connectivity index (χ0v) is 50.4. The quantitative estimate of drug-likeness (QED) is 0.163. The van der Waals surface area contributed by atoms with Gasteiger partial charge in [-0.15, -0.1) is 0 Å². The van der Waals surface area contributed by atoms with Crippen molar-refractivity contribution in [2.24, 2.45) is 0 Å². The second-order valence-electron chi connectivity index (χ2n) is 26.1. The van der Waals surface area contributed by atoms with E-state index in [0.717, 1.165) is 62.4 Å². The molecule has 1 unspecified atom stereocenters. The molecule has 93 heavy (non-hydrogen) atoms. The van der Waals surface area contributed by atoms with Gasteiger partial charge >= 0.3 is 0 Å². The summed E-state index contributed by atoms with van der Waals surface area (Å²) in [6, 6.07) is 117. The molecule has 6 aliphatic heterocycles. The van der Waals surface area contributed by atoms with Crippen molar-refractivity contribution >= 4 is 114 Å². The highest BCUT2D eigenvalue weighted by molar-refractivity contribution is 7.01. The summed E-state index contributed by atoms with van der Waals surface area (Å²) in [5, 5.41) is 0. The van der Waals surface area contributed by atoms with Crippen LogP contribution in [0.15, 0.2) is 309 Å². The summed E-state index contributed by atoms with van der Waals surface area (Å²) in [7, 11) is 0. The first kappa shape index (κ1) is 50.0. The molecule has 5 nitrogen and oxygen atoms in total. The average molecular weight is 1180 g/mol. The van der Waals surface area contributed by atoms with Gasteiger partial charge in [0.15, 0.2) is 0 Å². The second kappa shape index (κ2) is 18.2. The van der Waals surface area contributed by atoms with E-state index in [1.54, 1.807) is 0 Å². The molecular weight excluding hydrogens is 1130 g/mol. The van der Waals surface area contributed by atoms with Crippen molar-refractivity contribution in [3.8, 4) is 44.9 Å². The molecule has 0 amide bonds. The molecule has 1 atom stereocenters. The number of fused-ring (bicyclic) bond motifs is 24. The lowest BCUT2D eigenvalue weighted by Gasteiger charge is -2.51. The molecule has 14 aromatic carbocycles. The highest BCUT2D eigenvalue weighted by Gasteiger charge is 2.54. The normalized spacial score (nSPS) is 15.5. The topological polar surface area (TPSA) is 22.2 Å². The van der Waals surface area contributed by atoms with Gasteiger partial charge in [-0.05, 0) is 184 Å². The van der Waals surface area contributed by atoms with Gasteiger partial charge in [0, 0.05) is 68.7 Å². The van der Waals surface area contributed by atoms with Gasteiger partial charge in [-0.25, -0.2) is 0 Å². The van der Waals surface area contributed by atoms with Gasteiger partial charge in [0.05, 0.1) is 22.5 Å². The van der Waals surface area contributed by atoms with Crippen LogP contribution in [0.4, 0.5) is 68.2 Å². The number of nitrogens with zero attached hydrogens (tertiary/aromatic N) is 4. The summed E-state index contributed by atoms with van der Waals surface area (Å²) < 4.78 is 7.82. The van der Waals surface area contributed by atoms with Crippen LogP contribution in [0.5, 0.6) is 11.5 Å². The van der Waals surface area contributed by atoms with E-state index in [4.69, 9.17) is 4.74 Å². The lowest BCUT2D eigenvalue weighted by atomic mass is 9.33. The summed E-state index contributed by atoms with van der Waals surface area (Å²) in [5.41, 5.74) is 37.7. The maximum Gasteiger partial charge on any atom is 0.256 e. The minimum atomic E-state index is -0.434. The van der Waals surface area contributed by atoms with Crippen molar-refractivity contribution in [2.75, 3.05) is 19.6 Å². The molecule has 8 aliphatic rings. The average Bonchev–Trinajstić information content (AvgIpc) is 1.58. The van der Waals surface area contributed by atoms with E-state index in [9.17, 15) is 0 Å². The first-order valence-electron chi connectivity index (χ1n) is 32.6. The Balaban J connectivity index is 0.794. The largest absolute Gasteiger partial charge is 0.458 e. The van der Waals surface area contributed by atoms with Crippen LogP contribution in [0.25, 0.3) is 33.4 Å². The molecule has 0 radical (unpaired) electrons. The molecule has 0 saturated carbocycles. The monoisotopic (exact) mass is 1180 g/mol. The van der Waals surface area contributed by atoms with E-state index < -0.39 is 5.41 Å². The fraction of sp³-hybridized carbons (Fsp3) is 0.0233. The fourth-order valence-corrected chi connectivity index (χ4v) is 18.4. The van der Waals surface area contributed by atoms with E-state index in [0.29, 0.717) is 0 Å². The third kappa shape index (κ3) is 6.34. The Kier molecular flexibility index (Phi) is 9.80. The number of anilines is 12. The molecule has 22 rings (SSSR count). The summed E-state index contributed by atoms with van der Waals surface area (Å²) in [6.45, 7) is -0.157.